The van der Waals surface area contributed by atoms with E-state index < -0.39 is 0 Å². The number of fused-ring (bicyclic) bond motifs is 1. The van der Waals surface area contributed by atoms with Crippen molar-refractivity contribution < 1.29 is 0 Å². The van der Waals surface area contributed by atoms with Crippen LogP contribution in [0, 0.1) is 29.1 Å². The lowest BCUT2D eigenvalue weighted by molar-refractivity contribution is 0.394. The van der Waals surface area contributed by atoms with Gasteiger partial charge < -0.3 is 0 Å². The Morgan fingerprint density at radius 2 is 2.21 bits per heavy atom. The van der Waals surface area contributed by atoms with Crippen LogP contribution in [-0.4, -0.2) is 14.8 Å². The first-order valence-corrected chi connectivity index (χ1v) is 5.14. The fourth-order valence-electron chi connectivity index (χ4n) is 2.69. The van der Waals surface area contributed by atoms with Gasteiger partial charge in [0.15, 0.2) is 0 Å². The van der Waals surface area contributed by atoms with Gasteiger partial charge in [0.1, 0.15) is 12.4 Å². The van der Waals surface area contributed by atoms with Crippen molar-refractivity contribution >= 4 is 0 Å². The molecule has 0 aliphatic heterocycles. The molecule has 0 saturated heterocycles. The average molecular weight is 188 g/mol. The van der Waals surface area contributed by atoms with Crippen LogP contribution in [0.4, 0.5) is 0 Å². The van der Waals surface area contributed by atoms with Crippen LogP contribution in [-0.2, 0) is 6.54 Å². The van der Waals surface area contributed by atoms with Gasteiger partial charge in [-0.05, 0) is 37.0 Å². The van der Waals surface area contributed by atoms with Gasteiger partial charge >= 0.3 is 0 Å². The van der Waals surface area contributed by atoms with Gasteiger partial charge in [-0.25, -0.2) is 4.98 Å². The molecule has 1 heterocycles. The molecule has 4 heteroatoms. The number of hydrogen-bond acceptors (Lipinski definition) is 3. The lowest BCUT2D eigenvalue weighted by Gasteiger charge is -2.10. The summed E-state index contributed by atoms with van der Waals surface area (Å²) in [6.45, 7) is 0.946. The van der Waals surface area contributed by atoms with Gasteiger partial charge in [-0.3, -0.25) is 4.68 Å². The van der Waals surface area contributed by atoms with Crippen LogP contribution in [0.1, 0.15) is 25.1 Å². The zero-order chi connectivity index (χ0) is 9.54. The van der Waals surface area contributed by atoms with Crippen molar-refractivity contribution in [3.05, 3.63) is 12.2 Å². The van der Waals surface area contributed by atoms with Gasteiger partial charge in [0.2, 0.25) is 0 Å². The molecule has 0 aromatic carbocycles. The van der Waals surface area contributed by atoms with Gasteiger partial charge in [0.05, 0.1) is 0 Å². The van der Waals surface area contributed by atoms with E-state index in [2.05, 4.69) is 10.1 Å². The average Bonchev–Trinajstić information content (AvgIpc) is 2.66. The minimum Gasteiger partial charge on any atom is -0.251 e. The molecule has 0 spiro atoms. The van der Waals surface area contributed by atoms with E-state index in [9.17, 15) is 0 Å². The van der Waals surface area contributed by atoms with E-state index in [1.807, 2.05) is 10.8 Å². The van der Waals surface area contributed by atoms with E-state index in [1.165, 1.54) is 19.3 Å². The van der Waals surface area contributed by atoms with Crippen LogP contribution >= 0.6 is 0 Å². The maximum Gasteiger partial charge on any atom is 0.252 e. The predicted octanol–water partition coefficient (Wildman–Crippen LogP) is 1.20. The Kier molecular flexibility index (Phi) is 1.60. The van der Waals surface area contributed by atoms with Gasteiger partial charge in [-0.2, -0.15) is 5.26 Å². The van der Waals surface area contributed by atoms with Crippen LogP contribution in [0.2, 0.25) is 0 Å². The maximum atomic E-state index is 8.57. The molecule has 1 aromatic rings. The van der Waals surface area contributed by atoms with Crippen molar-refractivity contribution in [3.63, 3.8) is 0 Å². The monoisotopic (exact) mass is 188 g/mol. The van der Waals surface area contributed by atoms with Crippen LogP contribution in [0.15, 0.2) is 6.33 Å². The Balaban J connectivity index is 1.64. The fourth-order valence-corrected chi connectivity index (χ4v) is 2.69. The Hall–Kier alpha value is -1.37. The summed E-state index contributed by atoms with van der Waals surface area (Å²) in [6.07, 6.45) is 5.83. The van der Waals surface area contributed by atoms with Crippen LogP contribution in [0.3, 0.4) is 0 Å². The molecular weight excluding hydrogens is 176 g/mol. The van der Waals surface area contributed by atoms with Crippen LogP contribution in [0.25, 0.3) is 0 Å². The number of nitrogens with zero attached hydrogens (tertiary/aromatic N) is 4. The van der Waals surface area contributed by atoms with E-state index in [1.54, 1.807) is 6.33 Å². The second kappa shape index (κ2) is 2.81. The third-order valence-electron chi connectivity index (χ3n) is 3.42. The first-order chi connectivity index (χ1) is 6.85. The van der Waals surface area contributed by atoms with Gasteiger partial charge in [0.25, 0.3) is 5.82 Å². The molecule has 2 unspecified atom stereocenters. The Morgan fingerprint density at radius 1 is 1.43 bits per heavy atom. The summed E-state index contributed by atoms with van der Waals surface area (Å²) >= 11 is 0. The third kappa shape index (κ3) is 1.29. The Bertz CT molecular complexity index is 379. The third-order valence-corrected chi connectivity index (χ3v) is 3.42. The minimum atomic E-state index is 0.285. The normalized spacial score (nSPS) is 33.8. The molecule has 72 valence electrons. The van der Waals surface area contributed by atoms with Crippen molar-refractivity contribution in [2.75, 3.05) is 0 Å². The molecule has 0 radical (unpaired) electrons. The number of rotatable bonds is 2. The molecule has 0 amide bonds. The molecular formula is C10H12N4. The van der Waals surface area contributed by atoms with E-state index in [0.29, 0.717) is 0 Å². The smallest absolute Gasteiger partial charge is 0.251 e. The van der Waals surface area contributed by atoms with Crippen molar-refractivity contribution in [2.45, 2.75) is 25.8 Å². The highest BCUT2D eigenvalue weighted by Crippen LogP contribution is 2.54. The quantitative estimate of drug-likeness (QED) is 0.700. The molecule has 2 saturated carbocycles. The molecule has 1 aromatic heterocycles. The van der Waals surface area contributed by atoms with Crippen molar-refractivity contribution in [3.8, 4) is 6.07 Å². The summed E-state index contributed by atoms with van der Waals surface area (Å²) in [5.74, 6) is 3.08. The molecule has 2 atom stereocenters. The summed E-state index contributed by atoms with van der Waals surface area (Å²) in [5, 5.41) is 12.6. The zero-order valence-corrected chi connectivity index (χ0v) is 7.93. The van der Waals surface area contributed by atoms with E-state index >= 15 is 0 Å². The van der Waals surface area contributed by atoms with Crippen LogP contribution < -0.4 is 0 Å². The van der Waals surface area contributed by atoms with Gasteiger partial charge in [-0.15, -0.1) is 5.10 Å². The highest BCUT2D eigenvalue weighted by molar-refractivity contribution is 5.05. The second-order valence-corrected chi connectivity index (χ2v) is 4.50. The van der Waals surface area contributed by atoms with Crippen molar-refractivity contribution in [1.29, 1.82) is 5.26 Å². The van der Waals surface area contributed by atoms with Crippen LogP contribution in [0.5, 0.6) is 0 Å². The minimum absolute atomic E-state index is 0.285. The molecule has 2 aliphatic rings. The van der Waals surface area contributed by atoms with Crippen molar-refractivity contribution in [1.82, 2.24) is 14.8 Å². The lowest BCUT2D eigenvalue weighted by Crippen LogP contribution is -2.09. The molecule has 2 fully saturated rings. The summed E-state index contributed by atoms with van der Waals surface area (Å²) in [7, 11) is 0. The highest BCUT2D eigenvalue weighted by atomic mass is 15.3. The fraction of sp³-hybridized carbons (Fsp3) is 0.700. The van der Waals surface area contributed by atoms with E-state index in [-0.39, 0.29) is 5.82 Å². The van der Waals surface area contributed by atoms with E-state index in [0.717, 1.165) is 24.3 Å². The largest absolute Gasteiger partial charge is 0.252 e. The highest BCUT2D eigenvalue weighted by Gasteiger charge is 2.45. The summed E-state index contributed by atoms with van der Waals surface area (Å²) in [5.41, 5.74) is 0. The zero-order valence-electron chi connectivity index (χ0n) is 7.93. The molecule has 4 nitrogen and oxygen atoms in total. The molecule has 0 N–H and O–H groups in total. The van der Waals surface area contributed by atoms with Crippen molar-refractivity contribution in [2.24, 2.45) is 17.8 Å². The Labute approximate surface area is 82.6 Å². The van der Waals surface area contributed by atoms with Gasteiger partial charge in [-0.1, -0.05) is 0 Å². The van der Waals surface area contributed by atoms with E-state index in [4.69, 9.17) is 5.26 Å². The van der Waals surface area contributed by atoms with Gasteiger partial charge in [0, 0.05) is 6.54 Å². The summed E-state index contributed by atoms with van der Waals surface area (Å²) in [6, 6.07) is 1.95. The predicted molar refractivity (Wildman–Crippen MR) is 49.1 cm³/mol. The molecule has 14 heavy (non-hydrogen) atoms. The maximum absolute atomic E-state index is 8.57. The summed E-state index contributed by atoms with van der Waals surface area (Å²) in [4.78, 5) is 3.90. The molecule has 0 bridgehead atoms. The lowest BCUT2D eigenvalue weighted by atomic mass is 10.0. The first-order valence-electron chi connectivity index (χ1n) is 5.14. The second-order valence-electron chi connectivity index (χ2n) is 4.50. The number of aromatic nitrogens is 3. The first kappa shape index (κ1) is 7.98. The standard InChI is InChI=1S/C10H12N4/c11-4-10-12-6-14(13-10)5-7-1-8-3-9(8)2-7/h6-9H,1-3,5H2. The molecule has 3 rings (SSSR count). The Morgan fingerprint density at radius 3 is 2.86 bits per heavy atom. The SMILES string of the molecule is N#Cc1ncn(CC2CC3CC3C2)n1. The number of hydrogen-bond donors (Lipinski definition) is 0. The summed E-state index contributed by atoms with van der Waals surface area (Å²) < 4.78 is 1.81. The number of nitriles is 1. The topological polar surface area (TPSA) is 54.5 Å². The molecule has 2 aliphatic carbocycles.